The maximum atomic E-state index is 15.0. The third-order valence-electron chi connectivity index (χ3n) is 5.56. The molecule has 0 heterocycles. The number of esters is 2. The Balaban J connectivity index is 1.79. The molecule has 0 radical (unpaired) electrons. The molecule has 6 nitrogen and oxygen atoms in total. The highest BCUT2D eigenvalue weighted by molar-refractivity contribution is 5.87. The number of carbonyl (C=O) groups excluding carboxylic acids is 3. The number of halogens is 1. The van der Waals surface area contributed by atoms with Gasteiger partial charge in [-0.1, -0.05) is 61.7 Å². The molecule has 0 unspecified atom stereocenters. The summed E-state index contributed by atoms with van der Waals surface area (Å²) in [5.74, 6) is -1.51. The van der Waals surface area contributed by atoms with Crippen LogP contribution in [0.4, 0.5) is 4.39 Å². The number of carbonyl (C=O) groups is 3. The van der Waals surface area contributed by atoms with Gasteiger partial charge in [-0.15, -0.1) is 0 Å². The van der Waals surface area contributed by atoms with Crippen molar-refractivity contribution < 1.29 is 33.0 Å². The Kier molecular flexibility index (Phi) is 9.11. The van der Waals surface area contributed by atoms with E-state index < -0.39 is 23.7 Å². The molecule has 3 aromatic carbocycles. The lowest BCUT2D eigenvalue weighted by Gasteiger charge is -2.18. The summed E-state index contributed by atoms with van der Waals surface area (Å²) < 4.78 is 30.3. The van der Waals surface area contributed by atoms with E-state index in [0.29, 0.717) is 28.9 Å². The van der Waals surface area contributed by atoms with Gasteiger partial charge < -0.3 is 14.2 Å². The molecular formula is C30H27FO6. The topological polar surface area (TPSA) is 78.9 Å². The summed E-state index contributed by atoms with van der Waals surface area (Å²) in [7, 11) is 0. The minimum atomic E-state index is -0.533. The van der Waals surface area contributed by atoms with E-state index in [9.17, 15) is 18.8 Å². The van der Waals surface area contributed by atoms with Crippen molar-refractivity contribution in [3.63, 3.8) is 0 Å². The van der Waals surface area contributed by atoms with Crippen LogP contribution >= 0.6 is 0 Å². The minimum Gasteiger partial charge on any atom is -0.462 e. The van der Waals surface area contributed by atoms with Gasteiger partial charge >= 0.3 is 11.9 Å². The first-order valence-electron chi connectivity index (χ1n) is 11.5. The average Bonchev–Trinajstić information content (AvgIpc) is 2.89. The number of hydrogen-bond acceptors (Lipinski definition) is 6. The highest BCUT2D eigenvalue weighted by Crippen LogP contribution is 2.30. The summed E-state index contributed by atoms with van der Waals surface area (Å²) in [5.41, 5.74) is 3.83. The monoisotopic (exact) mass is 502 g/mol. The van der Waals surface area contributed by atoms with Gasteiger partial charge in [-0.05, 0) is 54.3 Å². The Hall–Kier alpha value is -4.52. The van der Waals surface area contributed by atoms with Crippen molar-refractivity contribution in [3.05, 3.63) is 102 Å². The molecule has 0 saturated heterocycles. The summed E-state index contributed by atoms with van der Waals surface area (Å²) >= 11 is 0. The molecule has 0 aliphatic carbocycles. The zero-order valence-corrected chi connectivity index (χ0v) is 20.7. The van der Waals surface area contributed by atoms with E-state index in [4.69, 9.17) is 14.2 Å². The molecule has 7 heteroatoms. The van der Waals surface area contributed by atoms with Gasteiger partial charge in [0.05, 0.1) is 5.92 Å². The molecule has 0 aliphatic heterocycles. The van der Waals surface area contributed by atoms with E-state index >= 15 is 0 Å². The van der Waals surface area contributed by atoms with E-state index in [2.05, 4.69) is 13.2 Å². The second kappa shape index (κ2) is 12.4. The van der Waals surface area contributed by atoms with Crippen LogP contribution in [0.3, 0.4) is 0 Å². The van der Waals surface area contributed by atoms with Crippen LogP contribution in [-0.4, -0.2) is 31.6 Å². The quantitative estimate of drug-likeness (QED) is 0.181. The maximum Gasteiger partial charge on any atom is 0.333 e. The molecule has 0 atom stereocenters. The average molecular weight is 503 g/mol. The smallest absolute Gasteiger partial charge is 0.333 e. The van der Waals surface area contributed by atoms with Crippen molar-refractivity contribution in [2.75, 3.05) is 13.2 Å². The van der Waals surface area contributed by atoms with Crippen molar-refractivity contribution in [2.45, 2.75) is 19.8 Å². The lowest BCUT2D eigenvalue weighted by molar-refractivity contribution is -0.142. The summed E-state index contributed by atoms with van der Waals surface area (Å²) in [4.78, 5) is 34.2. The van der Waals surface area contributed by atoms with Crippen LogP contribution in [0.1, 0.15) is 25.3 Å². The third-order valence-corrected chi connectivity index (χ3v) is 5.56. The van der Waals surface area contributed by atoms with Crippen LogP contribution in [0.2, 0.25) is 0 Å². The second-order valence-corrected chi connectivity index (χ2v) is 8.51. The maximum absolute atomic E-state index is 15.0. The molecule has 0 amide bonds. The van der Waals surface area contributed by atoms with Crippen molar-refractivity contribution >= 4 is 18.4 Å². The number of hydrogen-bond donors (Lipinski definition) is 0. The first-order chi connectivity index (χ1) is 17.7. The molecule has 0 aromatic heterocycles. The molecular weight excluding hydrogens is 475 g/mol. The molecule has 0 fully saturated rings. The van der Waals surface area contributed by atoms with Crippen molar-refractivity contribution in [1.82, 2.24) is 0 Å². The second-order valence-electron chi connectivity index (χ2n) is 8.51. The van der Waals surface area contributed by atoms with E-state index in [1.807, 2.05) is 30.3 Å². The van der Waals surface area contributed by atoms with Crippen LogP contribution in [-0.2, 0) is 23.9 Å². The van der Waals surface area contributed by atoms with Crippen LogP contribution < -0.4 is 4.74 Å². The highest BCUT2D eigenvalue weighted by Gasteiger charge is 2.18. The van der Waals surface area contributed by atoms with E-state index in [1.54, 1.807) is 44.2 Å². The van der Waals surface area contributed by atoms with Gasteiger partial charge in [-0.3, -0.25) is 4.79 Å². The summed E-state index contributed by atoms with van der Waals surface area (Å²) in [6.45, 7) is 10.6. The first-order valence-corrected chi connectivity index (χ1v) is 11.5. The van der Waals surface area contributed by atoms with Gasteiger partial charge in [0.1, 0.15) is 24.8 Å². The van der Waals surface area contributed by atoms with E-state index in [1.165, 1.54) is 6.07 Å². The zero-order valence-electron chi connectivity index (χ0n) is 20.7. The van der Waals surface area contributed by atoms with Gasteiger partial charge in [0.25, 0.3) is 6.47 Å². The molecule has 0 N–H and O–H groups in total. The van der Waals surface area contributed by atoms with E-state index in [-0.39, 0.29) is 24.4 Å². The molecule has 190 valence electrons. The Morgan fingerprint density at radius 2 is 1.32 bits per heavy atom. The lowest BCUT2D eigenvalue weighted by atomic mass is 9.95. The number of rotatable bonds is 11. The van der Waals surface area contributed by atoms with Crippen LogP contribution in [0.5, 0.6) is 5.75 Å². The largest absolute Gasteiger partial charge is 0.462 e. The fourth-order valence-electron chi connectivity index (χ4n) is 3.48. The minimum absolute atomic E-state index is 0.00544. The molecule has 0 saturated carbocycles. The van der Waals surface area contributed by atoms with E-state index in [0.717, 1.165) is 11.1 Å². The molecule has 37 heavy (non-hydrogen) atoms. The summed E-state index contributed by atoms with van der Waals surface area (Å²) in [6, 6.07) is 18.8. The molecule has 3 aromatic rings. The molecule has 0 bridgehead atoms. The van der Waals surface area contributed by atoms with Crippen molar-refractivity contribution in [2.24, 2.45) is 0 Å². The normalized spacial score (nSPS) is 10.5. The lowest BCUT2D eigenvalue weighted by Crippen LogP contribution is -2.20. The predicted molar refractivity (Wildman–Crippen MR) is 138 cm³/mol. The standard InChI is InChI=1S/C30H27FO6/c1-19(2)29(33)35-16-25(17-36-30(34)20(3)4)22-7-5-21(6-8-22)24-11-14-27(28(31)15-24)23-9-12-26(13-10-23)37-18-32/h5-15,18,25H,1,3,16-17H2,2,4H3. The van der Waals surface area contributed by atoms with Crippen LogP contribution in [0, 0.1) is 5.82 Å². The van der Waals surface area contributed by atoms with Crippen LogP contribution in [0.25, 0.3) is 22.3 Å². The highest BCUT2D eigenvalue weighted by atomic mass is 19.1. The fraction of sp³-hybridized carbons (Fsp3) is 0.167. The van der Waals surface area contributed by atoms with Gasteiger partial charge in [-0.25, -0.2) is 14.0 Å². The first kappa shape index (κ1) is 27.1. The van der Waals surface area contributed by atoms with Gasteiger partial charge in [0.15, 0.2) is 0 Å². The summed E-state index contributed by atoms with van der Waals surface area (Å²) in [5, 5.41) is 0. The van der Waals surface area contributed by atoms with Crippen LogP contribution in [0.15, 0.2) is 91.0 Å². The molecule has 0 aliphatic rings. The van der Waals surface area contributed by atoms with Gasteiger partial charge in [0.2, 0.25) is 0 Å². The number of benzene rings is 3. The number of ether oxygens (including phenoxy) is 3. The fourth-order valence-corrected chi connectivity index (χ4v) is 3.48. The SMILES string of the molecule is C=C(C)C(=O)OCC(COC(=O)C(=C)C)c1ccc(-c2ccc(-c3ccc(OC=O)cc3)c(F)c2)cc1. The van der Waals surface area contributed by atoms with Gasteiger partial charge in [-0.2, -0.15) is 0 Å². The Morgan fingerprint density at radius 1 is 0.811 bits per heavy atom. The van der Waals surface area contributed by atoms with Gasteiger partial charge in [0, 0.05) is 16.7 Å². The Labute approximate surface area is 215 Å². The summed E-state index contributed by atoms with van der Waals surface area (Å²) in [6.07, 6.45) is 0. The molecule has 3 rings (SSSR count). The van der Waals surface area contributed by atoms with Crippen molar-refractivity contribution in [3.8, 4) is 28.0 Å². The third kappa shape index (κ3) is 7.24. The molecule has 0 spiro atoms. The zero-order chi connectivity index (χ0) is 26.9. The Bertz CT molecular complexity index is 1280. The predicted octanol–water partition coefficient (Wildman–Crippen LogP) is 6.02. The Morgan fingerprint density at radius 3 is 1.81 bits per heavy atom. The van der Waals surface area contributed by atoms with Crippen molar-refractivity contribution in [1.29, 1.82) is 0 Å².